The third-order valence-electron chi connectivity index (χ3n) is 3.91. The Labute approximate surface area is 140 Å². The highest BCUT2D eigenvalue weighted by Gasteiger charge is 2.23. The van der Waals surface area contributed by atoms with Gasteiger partial charge in [-0.15, -0.1) is 0 Å². The number of benzene rings is 2. The van der Waals surface area contributed by atoms with E-state index in [1.807, 2.05) is 49.4 Å². The van der Waals surface area contributed by atoms with Gasteiger partial charge < -0.3 is 0 Å². The lowest BCUT2D eigenvalue weighted by atomic mass is 10.1. The predicted molar refractivity (Wildman–Crippen MR) is 96.3 cm³/mol. The van der Waals surface area contributed by atoms with Crippen LogP contribution in [0.2, 0.25) is 0 Å². The first-order valence-electron chi connectivity index (χ1n) is 8.26. The van der Waals surface area contributed by atoms with Crippen LogP contribution in [0.15, 0.2) is 59.5 Å². The summed E-state index contributed by atoms with van der Waals surface area (Å²) in [6, 6.07) is 16.5. The van der Waals surface area contributed by atoms with Crippen LogP contribution < -0.4 is 4.31 Å². The SMILES string of the molecule is CCCCCc1ccc(S(=O)(=O)N(CC)c2ccccc2)cc1. The van der Waals surface area contributed by atoms with E-state index < -0.39 is 10.0 Å². The van der Waals surface area contributed by atoms with E-state index in [9.17, 15) is 8.42 Å². The van der Waals surface area contributed by atoms with Gasteiger partial charge in [0.1, 0.15) is 0 Å². The third-order valence-corrected chi connectivity index (χ3v) is 5.83. The molecule has 23 heavy (non-hydrogen) atoms. The molecule has 0 aliphatic rings. The van der Waals surface area contributed by atoms with Crippen LogP contribution in [-0.2, 0) is 16.4 Å². The Morgan fingerprint density at radius 2 is 1.52 bits per heavy atom. The van der Waals surface area contributed by atoms with Crippen molar-refractivity contribution in [2.24, 2.45) is 0 Å². The molecule has 4 heteroatoms. The quantitative estimate of drug-likeness (QED) is 0.661. The molecule has 124 valence electrons. The number of nitrogens with zero attached hydrogens (tertiary/aromatic N) is 1. The number of unbranched alkanes of at least 4 members (excludes halogenated alkanes) is 2. The Kier molecular flexibility index (Phi) is 6.22. The minimum atomic E-state index is -3.51. The zero-order valence-electron chi connectivity index (χ0n) is 13.9. The number of hydrogen-bond acceptors (Lipinski definition) is 2. The Hall–Kier alpha value is -1.81. The Balaban J connectivity index is 2.21. The first kappa shape index (κ1) is 17.5. The maximum absolute atomic E-state index is 12.9. The molecule has 0 heterocycles. The van der Waals surface area contributed by atoms with Crippen molar-refractivity contribution in [1.29, 1.82) is 0 Å². The number of hydrogen-bond donors (Lipinski definition) is 0. The molecule has 0 aliphatic carbocycles. The van der Waals surface area contributed by atoms with Gasteiger partial charge in [-0.2, -0.15) is 0 Å². The van der Waals surface area contributed by atoms with Crippen LogP contribution >= 0.6 is 0 Å². The predicted octanol–water partition coefficient (Wildman–Crippen LogP) is 4.63. The first-order valence-corrected chi connectivity index (χ1v) is 9.70. The molecule has 2 rings (SSSR count). The molecule has 0 amide bonds. The molecule has 2 aromatic carbocycles. The van der Waals surface area contributed by atoms with Crippen molar-refractivity contribution in [1.82, 2.24) is 0 Å². The minimum Gasteiger partial charge on any atom is -0.267 e. The van der Waals surface area contributed by atoms with Gasteiger partial charge in [0, 0.05) is 6.54 Å². The van der Waals surface area contributed by atoms with E-state index in [1.165, 1.54) is 22.7 Å². The van der Waals surface area contributed by atoms with E-state index in [0.29, 0.717) is 17.1 Å². The fourth-order valence-corrected chi connectivity index (χ4v) is 4.09. The molecule has 0 fully saturated rings. The maximum atomic E-state index is 12.9. The summed E-state index contributed by atoms with van der Waals surface area (Å²) in [6.45, 7) is 4.44. The molecule has 0 bridgehead atoms. The summed E-state index contributed by atoms with van der Waals surface area (Å²) in [5.41, 5.74) is 1.89. The minimum absolute atomic E-state index is 0.349. The van der Waals surface area contributed by atoms with Crippen molar-refractivity contribution in [3.63, 3.8) is 0 Å². The lowest BCUT2D eigenvalue weighted by Gasteiger charge is -2.23. The van der Waals surface area contributed by atoms with Gasteiger partial charge in [0.05, 0.1) is 10.6 Å². The first-order chi connectivity index (χ1) is 11.1. The maximum Gasteiger partial charge on any atom is 0.264 e. The number of para-hydroxylation sites is 1. The molecule has 2 aromatic rings. The Morgan fingerprint density at radius 1 is 0.870 bits per heavy atom. The van der Waals surface area contributed by atoms with Gasteiger partial charge in [-0.1, -0.05) is 50.1 Å². The third kappa shape index (κ3) is 4.35. The molecule has 0 radical (unpaired) electrons. The Morgan fingerprint density at radius 3 is 2.09 bits per heavy atom. The molecular weight excluding hydrogens is 306 g/mol. The molecule has 0 aliphatic heterocycles. The van der Waals surface area contributed by atoms with Gasteiger partial charge >= 0.3 is 0 Å². The number of rotatable bonds is 8. The standard InChI is InChI=1S/C19H25NO2S/c1-3-5-7-10-17-13-15-19(16-14-17)23(21,22)20(4-2)18-11-8-6-9-12-18/h6,8-9,11-16H,3-5,7,10H2,1-2H3. The van der Waals surface area contributed by atoms with Crippen LogP contribution in [0.1, 0.15) is 38.7 Å². The molecule has 0 saturated heterocycles. The van der Waals surface area contributed by atoms with Gasteiger partial charge in [0.25, 0.3) is 10.0 Å². The van der Waals surface area contributed by atoms with Gasteiger partial charge in [-0.05, 0) is 49.6 Å². The smallest absolute Gasteiger partial charge is 0.264 e. The monoisotopic (exact) mass is 331 g/mol. The van der Waals surface area contributed by atoms with E-state index >= 15 is 0 Å². The Bertz CT molecular complexity index is 694. The van der Waals surface area contributed by atoms with Gasteiger partial charge in [-0.25, -0.2) is 8.42 Å². The summed E-state index contributed by atoms with van der Waals surface area (Å²) in [6.07, 6.45) is 4.55. The highest BCUT2D eigenvalue weighted by atomic mass is 32.2. The molecule has 3 nitrogen and oxygen atoms in total. The van der Waals surface area contributed by atoms with E-state index in [2.05, 4.69) is 6.92 Å². The normalized spacial score (nSPS) is 11.4. The zero-order chi connectivity index (χ0) is 16.7. The lowest BCUT2D eigenvalue weighted by molar-refractivity contribution is 0.592. The molecule has 0 saturated carbocycles. The molecule has 0 aromatic heterocycles. The van der Waals surface area contributed by atoms with Crippen LogP contribution in [0, 0.1) is 0 Å². The molecule has 0 spiro atoms. The summed E-state index contributed by atoms with van der Waals surface area (Å²) in [5.74, 6) is 0. The number of aryl methyl sites for hydroxylation is 1. The average Bonchev–Trinajstić information content (AvgIpc) is 2.57. The number of sulfonamides is 1. The summed E-state index contributed by atoms with van der Waals surface area (Å²) < 4.78 is 27.2. The van der Waals surface area contributed by atoms with Crippen molar-refractivity contribution in [3.05, 3.63) is 60.2 Å². The molecular formula is C19H25NO2S. The fourth-order valence-electron chi connectivity index (χ4n) is 2.62. The summed E-state index contributed by atoms with van der Waals surface area (Å²) in [5, 5.41) is 0. The lowest BCUT2D eigenvalue weighted by Crippen LogP contribution is -2.30. The summed E-state index contributed by atoms with van der Waals surface area (Å²) in [7, 11) is -3.51. The van der Waals surface area contributed by atoms with Gasteiger partial charge in [0.15, 0.2) is 0 Å². The zero-order valence-corrected chi connectivity index (χ0v) is 14.7. The van der Waals surface area contributed by atoms with Crippen molar-refractivity contribution >= 4 is 15.7 Å². The molecule has 0 N–H and O–H groups in total. The van der Waals surface area contributed by atoms with Crippen molar-refractivity contribution in [2.75, 3.05) is 10.8 Å². The fraction of sp³-hybridized carbons (Fsp3) is 0.368. The second-order valence-electron chi connectivity index (χ2n) is 5.61. The highest BCUT2D eigenvalue weighted by molar-refractivity contribution is 7.92. The van der Waals surface area contributed by atoms with Gasteiger partial charge in [-0.3, -0.25) is 4.31 Å². The van der Waals surface area contributed by atoms with Gasteiger partial charge in [0.2, 0.25) is 0 Å². The molecule has 0 atom stereocenters. The number of anilines is 1. The van der Waals surface area contributed by atoms with E-state index in [4.69, 9.17) is 0 Å². The van der Waals surface area contributed by atoms with Crippen molar-refractivity contribution in [3.8, 4) is 0 Å². The van der Waals surface area contributed by atoms with Crippen LogP contribution in [0.5, 0.6) is 0 Å². The van der Waals surface area contributed by atoms with Crippen LogP contribution in [0.3, 0.4) is 0 Å². The van der Waals surface area contributed by atoms with Crippen molar-refractivity contribution in [2.45, 2.75) is 44.4 Å². The second kappa shape index (κ2) is 8.16. The van der Waals surface area contributed by atoms with E-state index in [0.717, 1.165) is 12.8 Å². The topological polar surface area (TPSA) is 37.4 Å². The summed E-state index contributed by atoms with van der Waals surface area (Å²) >= 11 is 0. The van der Waals surface area contributed by atoms with Crippen LogP contribution in [-0.4, -0.2) is 15.0 Å². The largest absolute Gasteiger partial charge is 0.267 e. The highest BCUT2D eigenvalue weighted by Crippen LogP contribution is 2.23. The summed E-state index contributed by atoms with van der Waals surface area (Å²) in [4.78, 5) is 0.349. The molecule has 0 unspecified atom stereocenters. The average molecular weight is 331 g/mol. The van der Waals surface area contributed by atoms with Crippen molar-refractivity contribution < 1.29 is 8.42 Å². The van der Waals surface area contributed by atoms with Crippen LogP contribution in [0.4, 0.5) is 5.69 Å². The van der Waals surface area contributed by atoms with Crippen LogP contribution in [0.25, 0.3) is 0 Å². The van der Waals surface area contributed by atoms with E-state index in [1.54, 1.807) is 12.1 Å². The second-order valence-corrected chi connectivity index (χ2v) is 7.47. The van der Waals surface area contributed by atoms with E-state index in [-0.39, 0.29) is 0 Å².